The van der Waals surface area contributed by atoms with Crippen molar-refractivity contribution in [1.82, 2.24) is 29.7 Å². The lowest BCUT2D eigenvalue weighted by Gasteiger charge is -2.37. The zero-order valence-corrected chi connectivity index (χ0v) is 19.2. The molecule has 1 N–H and O–H groups in total. The van der Waals surface area contributed by atoms with E-state index in [0.29, 0.717) is 18.9 Å². The van der Waals surface area contributed by atoms with Gasteiger partial charge in [-0.05, 0) is 25.2 Å². The summed E-state index contributed by atoms with van der Waals surface area (Å²) in [5.41, 5.74) is 0.998. The highest BCUT2D eigenvalue weighted by molar-refractivity contribution is 5.77. The van der Waals surface area contributed by atoms with E-state index in [2.05, 4.69) is 40.0 Å². The maximum Gasteiger partial charge on any atom is 0.237 e. The third-order valence-electron chi connectivity index (χ3n) is 6.24. The minimum absolute atomic E-state index is 0.114. The Hall–Kier alpha value is -2.52. The largest absolute Gasteiger partial charge is 0.379 e. The number of imidazole rings is 1. The fourth-order valence-electron chi connectivity index (χ4n) is 4.35. The number of nitrogens with one attached hydrogen (secondary N) is 1. The standard InChI is InChI=1S/C23H35N7O2/c1-18(2)20-16-21(27-23(26-20)29-10-6-24-17-29)30-8-4-3-5-19(30)15-22(31)25-7-9-28-11-13-32-14-12-28/h6,10,16-19H,3-5,7-9,11-15H2,1-2H3,(H,25,31). The summed E-state index contributed by atoms with van der Waals surface area (Å²) in [6, 6.07) is 2.23. The van der Waals surface area contributed by atoms with Crippen molar-refractivity contribution in [1.29, 1.82) is 0 Å². The van der Waals surface area contributed by atoms with E-state index in [-0.39, 0.29) is 17.9 Å². The van der Waals surface area contributed by atoms with Gasteiger partial charge < -0.3 is 15.0 Å². The number of nitrogens with zero attached hydrogens (tertiary/aromatic N) is 6. The Labute approximate surface area is 190 Å². The summed E-state index contributed by atoms with van der Waals surface area (Å²) >= 11 is 0. The van der Waals surface area contributed by atoms with Gasteiger partial charge in [-0.15, -0.1) is 0 Å². The molecule has 0 aromatic carbocycles. The normalized spacial score (nSPS) is 20.0. The van der Waals surface area contributed by atoms with Crippen LogP contribution in [0.2, 0.25) is 0 Å². The second-order valence-corrected chi connectivity index (χ2v) is 8.93. The van der Waals surface area contributed by atoms with Crippen molar-refractivity contribution in [3.05, 3.63) is 30.5 Å². The minimum Gasteiger partial charge on any atom is -0.379 e. The molecule has 2 saturated heterocycles. The van der Waals surface area contributed by atoms with Crippen molar-refractivity contribution in [2.24, 2.45) is 0 Å². The predicted molar refractivity (Wildman–Crippen MR) is 123 cm³/mol. The van der Waals surface area contributed by atoms with Crippen LogP contribution < -0.4 is 10.2 Å². The molecule has 174 valence electrons. The van der Waals surface area contributed by atoms with Crippen LogP contribution in [-0.2, 0) is 9.53 Å². The van der Waals surface area contributed by atoms with Gasteiger partial charge in [-0.25, -0.2) is 9.97 Å². The molecule has 2 aliphatic heterocycles. The lowest BCUT2D eigenvalue weighted by molar-refractivity contribution is -0.121. The number of rotatable bonds is 8. The van der Waals surface area contributed by atoms with Crippen molar-refractivity contribution < 1.29 is 9.53 Å². The Kier molecular flexibility index (Phi) is 7.70. The van der Waals surface area contributed by atoms with E-state index in [4.69, 9.17) is 14.7 Å². The first-order chi connectivity index (χ1) is 15.6. The molecular weight excluding hydrogens is 406 g/mol. The van der Waals surface area contributed by atoms with Gasteiger partial charge in [-0.2, -0.15) is 4.98 Å². The van der Waals surface area contributed by atoms with Gasteiger partial charge in [0, 0.05) is 63.6 Å². The van der Waals surface area contributed by atoms with E-state index >= 15 is 0 Å². The smallest absolute Gasteiger partial charge is 0.237 e. The fourth-order valence-corrected chi connectivity index (χ4v) is 4.35. The summed E-state index contributed by atoms with van der Waals surface area (Å²) in [5, 5.41) is 3.12. The SMILES string of the molecule is CC(C)c1cc(N2CCCCC2CC(=O)NCCN2CCOCC2)nc(-n2ccnc2)n1. The monoisotopic (exact) mass is 441 g/mol. The molecule has 0 aliphatic carbocycles. The van der Waals surface area contributed by atoms with Crippen LogP contribution in [0.25, 0.3) is 5.95 Å². The van der Waals surface area contributed by atoms with Crippen molar-refractivity contribution in [3.8, 4) is 5.95 Å². The molecule has 0 bridgehead atoms. The highest BCUT2D eigenvalue weighted by atomic mass is 16.5. The number of amides is 1. The van der Waals surface area contributed by atoms with Gasteiger partial charge in [0.15, 0.2) is 0 Å². The number of ether oxygens (including phenoxy) is 1. The number of aromatic nitrogens is 4. The Morgan fingerprint density at radius 1 is 1.22 bits per heavy atom. The van der Waals surface area contributed by atoms with Crippen LogP contribution >= 0.6 is 0 Å². The molecule has 0 saturated carbocycles. The van der Waals surface area contributed by atoms with Gasteiger partial charge in [0.1, 0.15) is 12.1 Å². The minimum atomic E-state index is 0.114. The number of anilines is 1. The maximum atomic E-state index is 12.7. The van der Waals surface area contributed by atoms with E-state index in [1.807, 2.05) is 10.8 Å². The molecule has 4 heterocycles. The van der Waals surface area contributed by atoms with Crippen LogP contribution in [0.1, 0.15) is 51.1 Å². The van der Waals surface area contributed by atoms with Crippen molar-refractivity contribution in [2.75, 3.05) is 50.8 Å². The number of morpholine rings is 1. The predicted octanol–water partition coefficient (Wildman–Crippen LogP) is 1.98. The molecule has 1 unspecified atom stereocenters. The van der Waals surface area contributed by atoms with Crippen LogP contribution in [0, 0.1) is 0 Å². The lowest BCUT2D eigenvalue weighted by atomic mass is 9.98. The number of hydrogen-bond acceptors (Lipinski definition) is 7. The summed E-state index contributed by atoms with van der Waals surface area (Å²) in [6.07, 6.45) is 9.05. The van der Waals surface area contributed by atoms with Gasteiger partial charge in [-0.3, -0.25) is 14.3 Å². The topological polar surface area (TPSA) is 88.4 Å². The van der Waals surface area contributed by atoms with E-state index in [1.165, 1.54) is 0 Å². The van der Waals surface area contributed by atoms with E-state index < -0.39 is 0 Å². The molecular formula is C23H35N7O2. The first-order valence-corrected chi connectivity index (χ1v) is 11.8. The zero-order chi connectivity index (χ0) is 22.3. The van der Waals surface area contributed by atoms with E-state index in [1.54, 1.807) is 12.5 Å². The first kappa shape index (κ1) is 22.7. The van der Waals surface area contributed by atoms with Gasteiger partial charge in [-0.1, -0.05) is 13.8 Å². The van der Waals surface area contributed by atoms with E-state index in [0.717, 1.165) is 70.2 Å². The first-order valence-electron chi connectivity index (χ1n) is 11.8. The molecule has 2 aromatic heterocycles. The van der Waals surface area contributed by atoms with Gasteiger partial charge >= 0.3 is 0 Å². The second kappa shape index (κ2) is 10.9. The van der Waals surface area contributed by atoms with Crippen molar-refractivity contribution in [3.63, 3.8) is 0 Å². The van der Waals surface area contributed by atoms with Crippen LogP contribution in [0.3, 0.4) is 0 Å². The quantitative estimate of drug-likeness (QED) is 0.670. The second-order valence-electron chi connectivity index (χ2n) is 8.93. The molecule has 1 amide bonds. The molecule has 4 rings (SSSR count). The molecule has 9 nitrogen and oxygen atoms in total. The maximum absolute atomic E-state index is 12.7. The third-order valence-corrected chi connectivity index (χ3v) is 6.24. The summed E-state index contributed by atoms with van der Waals surface area (Å²) < 4.78 is 7.23. The highest BCUT2D eigenvalue weighted by Gasteiger charge is 2.27. The third kappa shape index (κ3) is 5.83. The summed E-state index contributed by atoms with van der Waals surface area (Å²) in [4.78, 5) is 31.1. The Morgan fingerprint density at radius 3 is 2.81 bits per heavy atom. The molecule has 0 spiro atoms. The summed E-state index contributed by atoms with van der Waals surface area (Å²) in [6.45, 7) is 10.2. The number of hydrogen-bond donors (Lipinski definition) is 1. The average molecular weight is 442 g/mol. The molecule has 2 aromatic rings. The van der Waals surface area contributed by atoms with Crippen LogP contribution in [0.5, 0.6) is 0 Å². The van der Waals surface area contributed by atoms with Gasteiger partial charge in [0.2, 0.25) is 11.9 Å². The van der Waals surface area contributed by atoms with Crippen molar-refractivity contribution >= 4 is 11.7 Å². The van der Waals surface area contributed by atoms with Crippen molar-refractivity contribution in [2.45, 2.75) is 51.5 Å². The van der Waals surface area contributed by atoms with E-state index in [9.17, 15) is 4.79 Å². The average Bonchev–Trinajstić information content (AvgIpc) is 3.35. The van der Waals surface area contributed by atoms with Gasteiger partial charge in [0.05, 0.1) is 18.9 Å². The Bertz CT molecular complexity index is 865. The molecule has 1 atom stereocenters. The molecule has 2 fully saturated rings. The molecule has 32 heavy (non-hydrogen) atoms. The number of carbonyl (C=O) groups excluding carboxylic acids is 1. The molecule has 2 aliphatic rings. The van der Waals surface area contributed by atoms with Gasteiger partial charge in [0.25, 0.3) is 0 Å². The number of carbonyl (C=O) groups is 1. The molecule has 0 radical (unpaired) electrons. The fraction of sp³-hybridized carbons (Fsp3) is 0.652. The summed E-state index contributed by atoms with van der Waals surface area (Å²) in [7, 11) is 0. The van der Waals surface area contributed by atoms with Crippen LogP contribution in [0.15, 0.2) is 24.8 Å². The lowest BCUT2D eigenvalue weighted by Crippen LogP contribution is -2.45. The Balaban J connectivity index is 1.43. The van der Waals surface area contributed by atoms with Crippen LogP contribution in [0.4, 0.5) is 5.82 Å². The Morgan fingerprint density at radius 2 is 2.06 bits per heavy atom. The zero-order valence-electron chi connectivity index (χ0n) is 19.2. The number of piperidine rings is 1. The summed E-state index contributed by atoms with van der Waals surface area (Å²) in [5.74, 6) is 1.93. The molecule has 9 heteroatoms. The van der Waals surface area contributed by atoms with Crippen LogP contribution in [-0.4, -0.2) is 82.3 Å². The highest BCUT2D eigenvalue weighted by Crippen LogP contribution is 2.28.